The third kappa shape index (κ3) is 3.21. The highest BCUT2D eigenvalue weighted by atomic mass is 16.3. The van der Waals surface area contributed by atoms with Crippen molar-refractivity contribution in [2.45, 2.75) is 26.3 Å². The Morgan fingerprint density at radius 1 is 1.15 bits per heavy atom. The summed E-state index contributed by atoms with van der Waals surface area (Å²) in [6.07, 6.45) is 1.23. The molecule has 1 aliphatic heterocycles. The van der Waals surface area contributed by atoms with E-state index in [0.29, 0.717) is 12.2 Å². The van der Waals surface area contributed by atoms with E-state index in [4.69, 9.17) is 5.11 Å². The second kappa shape index (κ2) is 7.27. The molecule has 0 aliphatic carbocycles. The number of nitrogens with one attached hydrogen (secondary N) is 1. The van der Waals surface area contributed by atoms with Crippen molar-refractivity contribution in [3.05, 3.63) is 35.8 Å². The number of aliphatic hydroxyl groups excluding tert-OH is 2. The van der Waals surface area contributed by atoms with Gasteiger partial charge in [0.05, 0.1) is 30.8 Å². The molecule has 2 amide bonds. The van der Waals surface area contributed by atoms with Crippen molar-refractivity contribution >= 4 is 28.5 Å². The molecule has 0 saturated carbocycles. The van der Waals surface area contributed by atoms with Crippen molar-refractivity contribution in [3.63, 3.8) is 0 Å². The minimum Gasteiger partial charge on any atom is -0.395 e. The van der Waals surface area contributed by atoms with Crippen molar-refractivity contribution < 1.29 is 19.8 Å². The maximum Gasteiger partial charge on any atom is 0.277 e. The second-order valence-electron chi connectivity index (χ2n) is 6.41. The van der Waals surface area contributed by atoms with Crippen LogP contribution in [0.3, 0.4) is 0 Å². The van der Waals surface area contributed by atoms with Gasteiger partial charge in [0.15, 0.2) is 0 Å². The topological polar surface area (TPSA) is 108 Å². The highest BCUT2D eigenvalue weighted by molar-refractivity contribution is 6.17. The van der Waals surface area contributed by atoms with E-state index in [1.165, 1.54) is 6.08 Å². The quantitative estimate of drug-likeness (QED) is 0.632. The molecule has 0 saturated heterocycles. The van der Waals surface area contributed by atoms with Crippen LogP contribution in [0.15, 0.2) is 30.0 Å². The third-order valence-electron chi connectivity index (χ3n) is 4.23. The van der Waals surface area contributed by atoms with Crippen LogP contribution in [-0.4, -0.2) is 56.2 Å². The molecule has 0 radical (unpaired) electrons. The second-order valence-corrected chi connectivity index (χ2v) is 6.41. The predicted molar refractivity (Wildman–Crippen MR) is 96.4 cm³/mol. The normalized spacial score (nSPS) is 14.7. The van der Waals surface area contributed by atoms with E-state index < -0.39 is 11.8 Å². The summed E-state index contributed by atoms with van der Waals surface area (Å²) >= 11 is 0. The predicted octanol–water partition coefficient (Wildman–Crippen LogP) is 0.809. The van der Waals surface area contributed by atoms with Gasteiger partial charge in [-0.05, 0) is 18.2 Å². The summed E-state index contributed by atoms with van der Waals surface area (Å²) in [6, 6.07) is 5.48. The van der Waals surface area contributed by atoms with Gasteiger partial charge in [0.1, 0.15) is 11.5 Å². The Bertz CT molecular complexity index is 885. The van der Waals surface area contributed by atoms with Crippen LogP contribution in [0, 0.1) is 0 Å². The maximum atomic E-state index is 12.2. The molecular weight excluding hydrogens is 336 g/mol. The lowest BCUT2D eigenvalue weighted by molar-refractivity contribution is -0.137. The zero-order valence-corrected chi connectivity index (χ0v) is 14.8. The van der Waals surface area contributed by atoms with E-state index in [0.717, 1.165) is 21.8 Å². The molecule has 3 N–H and O–H groups in total. The molecule has 0 unspecified atom stereocenters. The highest BCUT2D eigenvalue weighted by Crippen LogP contribution is 2.26. The summed E-state index contributed by atoms with van der Waals surface area (Å²) in [5, 5.41) is 21.2. The monoisotopic (exact) mass is 358 g/mol. The van der Waals surface area contributed by atoms with Gasteiger partial charge in [0.2, 0.25) is 0 Å². The minimum absolute atomic E-state index is 0.0232. The number of amides is 2. The summed E-state index contributed by atoms with van der Waals surface area (Å²) < 4.78 is 1.98. The number of nitrogens with zero attached hydrogens (tertiary/aromatic N) is 3. The van der Waals surface area contributed by atoms with Crippen molar-refractivity contribution in [2.24, 2.45) is 0 Å². The average molecular weight is 358 g/mol. The zero-order chi connectivity index (χ0) is 18.8. The number of carbonyl (C=O) groups is 2. The molecule has 2 heterocycles. The van der Waals surface area contributed by atoms with Crippen molar-refractivity contribution in [3.8, 4) is 0 Å². The largest absolute Gasteiger partial charge is 0.395 e. The van der Waals surface area contributed by atoms with Gasteiger partial charge in [0.25, 0.3) is 11.8 Å². The number of rotatable bonds is 7. The van der Waals surface area contributed by atoms with Crippen LogP contribution in [0.1, 0.15) is 25.6 Å². The van der Waals surface area contributed by atoms with E-state index >= 15 is 0 Å². The molecule has 0 fully saturated rings. The first-order chi connectivity index (χ1) is 12.5. The van der Waals surface area contributed by atoms with E-state index in [-0.39, 0.29) is 31.4 Å². The number of hydrogen-bond acceptors (Lipinski definition) is 6. The molecular formula is C18H22N4O4. The number of hydrogen-bond donors (Lipinski definition) is 3. The van der Waals surface area contributed by atoms with Gasteiger partial charge in [-0.3, -0.25) is 14.5 Å². The van der Waals surface area contributed by atoms with Gasteiger partial charge in [0, 0.05) is 24.2 Å². The SMILES string of the molecule is CC(C)c1nc2cc(NC3=CC(=O)N(CCO)C3=O)ccc2n1CCO. The van der Waals surface area contributed by atoms with Gasteiger partial charge in [-0.1, -0.05) is 13.8 Å². The number of imidazole rings is 1. The number of carbonyl (C=O) groups excluding carboxylic acids is 2. The highest BCUT2D eigenvalue weighted by Gasteiger charge is 2.30. The molecule has 2 aromatic rings. The molecule has 0 spiro atoms. The molecule has 1 aromatic carbocycles. The molecule has 8 heteroatoms. The van der Waals surface area contributed by atoms with E-state index in [2.05, 4.69) is 10.3 Å². The molecule has 0 bridgehead atoms. The van der Waals surface area contributed by atoms with Gasteiger partial charge >= 0.3 is 0 Å². The molecule has 0 atom stereocenters. The maximum absolute atomic E-state index is 12.2. The number of fused-ring (bicyclic) bond motifs is 1. The Morgan fingerprint density at radius 3 is 2.54 bits per heavy atom. The van der Waals surface area contributed by atoms with E-state index in [1.807, 2.05) is 30.5 Å². The number of anilines is 1. The van der Waals surface area contributed by atoms with Gasteiger partial charge in [-0.15, -0.1) is 0 Å². The smallest absolute Gasteiger partial charge is 0.277 e. The number of imide groups is 1. The van der Waals surface area contributed by atoms with Crippen LogP contribution < -0.4 is 5.32 Å². The third-order valence-corrected chi connectivity index (χ3v) is 4.23. The first-order valence-corrected chi connectivity index (χ1v) is 8.52. The van der Waals surface area contributed by atoms with Crippen LogP contribution in [-0.2, 0) is 16.1 Å². The molecule has 138 valence electrons. The zero-order valence-electron chi connectivity index (χ0n) is 14.8. The van der Waals surface area contributed by atoms with Crippen molar-refractivity contribution in [2.75, 3.05) is 25.1 Å². The lowest BCUT2D eigenvalue weighted by Gasteiger charge is -2.13. The fraction of sp³-hybridized carbons (Fsp3) is 0.389. The molecule has 1 aliphatic rings. The van der Waals surface area contributed by atoms with Crippen molar-refractivity contribution in [1.82, 2.24) is 14.5 Å². The van der Waals surface area contributed by atoms with Crippen LogP contribution in [0.25, 0.3) is 11.0 Å². The number of benzene rings is 1. The van der Waals surface area contributed by atoms with Crippen LogP contribution in [0.5, 0.6) is 0 Å². The van der Waals surface area contributed by atoms with Crippen LogP contribution >= 0.6 is 0 Å². The Balaban J connectivity index is 1.89. The Labute approximate surface area is 150 Å². The molecule has 1 aromatic heterocycles. The summed E-state index contributed by atoms with van der Waals surface area (Å²) in [4.78, 5) is 29.7. The summed E-state index contributed by atoms with van der Waals surface area (Å²) in [6.45, 7) is 4.27. The first-order valence-electron chi connectivity index (χ1n) is 8.52. The van der Waals surface area contributed by atoms with E-state index in [1.54, 1.807) is 6.07 Å². The van der Waals surface area contributed by atoms with E-state index in [9.17, 15) is 14.7 Å². The summed E-state index contributed by atoms with van der Waals surface area (Å²) in [7, 11) is 0. The van der Waals surface area contributed by atoms with Crippen LogP contribution in [0.4, 0.5) is 5.69 Å². The van der Waals surface area contributed by atoms with Crippen LogP contribution in [0.2, 0.25) is 0 Å². The fourth-order valence-electron chi connectivity index (χ4n) is 3.07. The number of β-amino-alcohol motifs (C(OH)–C–C–N with tert-alkyl or cyclic N) is 1. The van der Waals surface area contributed by atoms with Gasteiger partial charge in [-0.25, -0.2) is 4.98 Å². The minimum atomic E-state index is -0.460. The van der Waals surface area contributed by atoms with Crippen molar-refractivity contribution in [1.29, 1.82) is 0 Å². The fourth-order valence-corrected chi connectivity index (χ4v) is 3.07. The summed E-state index contributed by atoms with van der Waals surface area (Å²) in [5.74, 6) is 0.181. The first kappa shape index (κ1) is 18.1. The lowest BCUT2D eigenvalue weighted by atomic mass is 10.2. The average Bonchev–Trinajstić information content (AvgIpc) is 3.08. The Morgan fingerprint density at radius 2 is 1.88 bits per heavy atom. The number of aromatic nitrogens is 2. The molecule has 3 rings (SSSR count). The Kier molecular flexibility index (Phi) is 5.06. The lowest BCUT2D eigenvalue weighted by Crippen LogP contribution is -2.34. The standard InChI is InChI=1S/C18H22N4O4/c1-11(2)17-20-13-9-12(3-4-15(13)21(17)5-7-23)19-14-10-16(25)22(6-8-24)18(14)26/h3-4,9-11,19,23-24H,5-8H2,1-2H3. The van der Waals surface area contributed by atoms with Gasteiger partial charge in [-0.2, -0.15) is 0 Å². The molecule has 26 heavy (non-hydrogen) atoms. The Hall–Kier alpha value is -2.71. The van der Waals surface area contributed by atoms with Gasteiger partial charge < -0.3 is 20.1 Å². The summed E-state index contributed by atoms with van der Waals surface area (Å²) in [5.41, 5.74) is 2.45. The molecule has 8 nitrogen and oxygen atoms in total. The number of aliphatic hydroxyl groups is 2.